The van der Waals surface area contributed by atoms with Crippen molar-refractivity contribution in [2.45, 2.75) is 27.7 Å². The molecule has 0 heterocycles. The molecule has 17 heteroatoms. The van der Waals surface area contributed by atoms with Gasteiger partial charge in [-0.2, -0.15) is 0 Å². The van der Waals surface area contributed by atoms with Gasteiger partial charge in [-0.1, -0.05) is 0 Å². The number of aliphatic hydroxyl groups excluding tert-OH is 2. The average Bonchev–Trinajstić information content (AvgIpc) is 2.78. The van der Waals surface area contributed by atoms with Gasteiger partial charge in [0.15, 0.2) is 0 Å². The number of benzene rings is 2. The summed E-state index contributed by atoms with van der Waals surface area (Å²) in [6.07, 6.45) is 0. The van der Waals surface area contributed by atoms with Crippen molar-refractivity contribution in [2.75, 3.05) is 0 Å². The number of aliphatic hydroxyl groups is 2. The van der Waals surface area contributed by atoms with Crippen LogP contribution in [0.5, 0.6) is 0 Å². The number of carbonyl (C=O) groups excluding carboxylic acids is 2. The van der Waals surface area contributed by atoms with Crippen molar-refractivity contribution in [3.8, 4) is 0 Å². The number of nitro groups is 4. The smallest absolute Gasteiger partial charge is 0.512 e. The first-order valence-corrected chi connectivity index (χ1v) is 10.2. The van der Waals surface area contributed by atoms with Gasteiger partial charge in [0.1, 0.15) is 22.7 Å². The molecule has 2 aromatic carbocycles. The van der Waals surface area contributed by atoms with E-state index in [9.17, 15) is 60.3 Å². The Hall–Kier alpha value is -5.03. The summed E-state index contributed by atoms with van der Waals surface area (Å²) in [4.78, 5) is 58.8. The molecule has 0 saturated heterocycles. The van der Waals surface area contributed by atoms with Crippen molar-refractivity contribution in [3.05, 3.63) is 99.5 Å². The molecule has 4 N–H and O–H groups in total. The second-order valence-corrected chi connectivity index (χ2v) is 7.52. The number of rotatable bonds is 8. The zero-order valence-corrected chi connectivity index (χ0v) is 21.7. The Morgan fingerprint density at radius 1 is 0.615 bits per heavy atom. The first-order valence-electron chi connectivity index (χ1n) is 10.2. The molecule has 0 bridgehead atoms. The molecule has 0 saturated carbocycles. The summed E-state index contributed by atoms with van der Waals surface area (Å²) in [6.45, 7) is 5.00. The molecule has 0 radical (unpaired) electrons. The normalized spacial score (nSPS) is 11.4. The Kier molecular flexibility index (Phi) is 12.2. The molecule has 0 aliphatic rings. The van der Waals surface area contributed by atoms with E-state index in [1.807, 2.05) is 0 Å². The Balaban J connectivity index is 0.000000722. The van der Waals surface area contributed by atoms with E-state index in [0.717, 1.165) is 36.4 Å². The molecular formula is C22H22CoN4O12+5. The maximum Gasteiger partial charge on any atom is 3.00 e. The maximum absolute atomic E-state index is 10.9. The Morgan fingerprint density at radius 3 is 1.08 bits per heavy atom. The van der Waals surface area contributed by atoms with Gasteiger partial charge >= 0.3 is 28.3 Å². The van der Waals surface area contributed by atoms with Crippen LogP contribution >= 0.6 is 0 Å². The molecule has 0 unspecified atom stereocenters. The Bertz CT molecular complexity index is 1320. The van der Waals surface area contributed by atoms with Crippen LogP contribution in [0.15, 0.2) is 47.9 Å². The first-order chi connectivity index (χ1) is 17.5. The van der Waals surface area contributed by atoms with E-state index in [1.54, 1.807) is 0 Å². The van der Waals surface area contributed by atoms with Crippen LogP contribution in [0.2, 0.25) is 0 Å². The molecule has 2 rings (SSSR count). The SMILES string of the molecule is CC(=[OH+])/C(=C(/C)O)c1ccc([N+](=O)[O-])cc1[N+](=O)[O-].CC(=[OH+])/C(=C(/C)O)c1ccc([N+](=O)[O-])cc1[N+](=O)[O-].[Co+3]. The number of hydrogen-bond acceptors (Lipinski definition) is 10. The van der Waals surface area contributed by atoms with Crippen LogP contribution in [0.4, 0.5) is 22.7 Å². The number of ketones is 2. The fraction of sp³-hybridized carbons (Fsp3) is 0.182. The zero-order valence-electron chi connectivity index (χ0n) is 20.6. The number of allylic oxidation sites excluding steroid dienone is 4. The standard InChI is InChI=1S/2C11H10N2O6.Co/c2*1-6(14)11(7(2)15)9-4-3-8(12(16)17)5-10(9)13(18)19;/h2*3-5,14H,1-2H3;/q;;+3/p+2/b2*11-6+;. The van der Waals surface area contributed by atoms with Crippen molar-refractivity contribution in [2.24, 2.45) is 0 Å². The van der Waals surface area contributed by atoms with Gasteiger partial charge in [0.25, 0.3) is 22.7 Å². The van der Waals surface area contributed by atoms with Gasteiger partial charge in [0, 0.05) is 12.1 Å². The van der Waals surface area contributed by atoms with E-state index < -0.39 is 42.4 Å². The summed E-state index contributed by atoms with van der Waals surface area (Å²) < 4.78 is 0. The Labute approximate surface area is 229 Å². The molecule has 0 spiro atoms. The van der Waals surface area contributed by atoms with Gasteiger partial charge in [-0.3, -0.25) is 50.0 Å². The number of hydrogen-bond donors (Lipinski definition) is 2. The minimum Gasteiger partial charge on any atom is -0.512 e. The molecule has 0 aliphatic carbocycles. The first kappa shape index (κ1) is 34.0. The van der Waals surface area contributed by atoms with Crippen LogP contribution in [-0.2, 0) is 16.8 Å². The van der Waals surface area contributed by atoms with E-state index in [0.29, 0.717) is 0 Å². The molecule has 206 valence electrons. The predicted molar refractivity (Wildman–Crippen MR) is 135 cm³/mol. The topological polar surface area (TPSA) is 256 Å². The van der Waals surface area contributed by atoms with Crippen LogP contribution in [0.3, 0.4) is 0 Å². The van der Waals surface area contributed by atoms with Gasteiger partial charge in [0.05, 0.1) is 56.8 Å². The second kappa shape index (κ2) is 14.0. The minimum atomic E-state index is -0.811. The van der Waals surface area contributed by atoms with Crippen LogP contribution in [-0.4, -0.2) is 51.1 Å². The fourth-order valence-electron chi connectivity index (χ4n) is 3.30. The van der Waals surface area contributed by atoms with Crippen LogP contribution in [0, 0.1) is 40.5 Å². The second-order valence-electron chi connectivity index (χ2n) is 7.52. The summed E-state index contributed by atoms with van der Waals surface area (Å²) in [5, 5.41) is 62.0. The molecule has 0 fully saturated rings. The fourth-order valence-corrected chi connectivity index (χ4v) is 3.30. The minimum absolute atomic E-state index is 0. The van der Waals surface area contributed by atoms with Gasteiger partial charge in [0.2, 0.25) is 0 Å². The Morgan fingerprint density at radius 2 is 0.897 bits per heavy atom. The molecular weight excluding hydrogens is 571 g/mol. The molecule has 0 amide bonds. The van der Waals surface area contributed by atoms with Crippen molar-refractivity contribution < 1.29 is 56.3 Å². The largest absolute Gasteiger partial charge is 3.00 e. The van der Waals surface area contributed by atoms with E-state index in [-0.39, 0.29) is 62.1 Å². The van der Waals surface area contributed by atoms with Gasteiger partial charge in [-0.05, 0) is 26.0 Å². The van der Waals surface area contributed by atoms with Crippen molar-refractivity contribution in [1.29, 1.82) is 0 Å². The van der Waals surface area contributed by atoms with Crippen LogP contribution < -0.4 is 0 Å². The summed E-state index contributed by atoms with van der Waals surface area (Å²) in [5.74, 6) is -1.29. The molecule has 39 heavy (non-hydrogen) atoms. The van der Waals surface area contributed by atoms with E-state index >= 15 is 0 Å². The summed E-state index contributed by atoms with van der Waals surface area (Å²) in [6, 6.07) is 5.92. The molecule has 0 aliphatic heterocycles. The van der Waals surface area contributed by atoms with Crippen molar-refractivity contribution in [1.82, 2.24) is 0 Å². The van der Waals surface area contributed by atoms with Crippen molar-refractivity contribution >= 4 is 45.5 Å². The van der Waals surface area contributed by atoms with Gasteiger partial charge in [-0.25, -0.2) is 0 Å². The van der Waals surface area contributed by atoms with Crippen molar-refractivity contribution in [3.63, 3.8) is 0 Å². The van der Waals surface area contributed by atoms with E-state index in [2.05, 4.69) is 0 Å². The monoisotopic (exact) mass is 593 g/mol. The molecule has 2 aromatic rings. The van der Waals surface area contributed by atoms with E-state index in [4.69, 9.17) is 0 Å². The summed E-state index contributed by atoms with van der Waals surface area (Å²) in [7, 11) is 0. The van der Waals surface area contributed by atoms with Crippen LogP contribution in [0.25, 0.3) is 11.1 Å². The average molecular weight is 593 g/mol. The molecule has 0 aromatic heterocycles. The number of nitro benzene ring substituents is 4. The zero-order chi connectivity index (χ0) is 29.5. The number of nitrogens with zero attached hydrogens (tertiary/aromatic N) is 4. The maximum atomic E-state index is 10.9. The third-order valence-electron chi connectivity index (χ3n) is 4.76. The third-order valence-corrected chi connectivity index (χ3v) is 4.76. The van der Waals surface area contributed by atoms with Gasteiger partial charge in [-0.15, -0.1) is 0 Å². The quantitative estimate of drug-likeness (QED) is 0.140. The summed E-state index contributed by atoms with van der Waals surface area (Å²) >= 11 is 0. The van der Waals surface area contributed by atoms with E-state index in [1.165, 1.54) is 27.7 Å². The predicted octanol–water partition coefficient (Wildman–Crippen LogP) is 4.71. The van der Waals surface area contributed by atoms with Gasteiger partial charge < -0.3 is 10.2 Å². The van der Waals surface area contributed by atoms with Crippen LogP contribution in [0.1, 0.15) is 38.8 Å². The number of non-ortho nitro benzene ring substituents is 2. The summed E-state index contributed by atoms with van der Waals surface area (Å²) in [5.41, 5.74) is -2.44. The molecule has 16 nitrogen and oxygen atoms in total. The third kappa shape index (κ3) is 8.51. The molecule has 0 atom stereocenters.